The first-order valence-corrected chi connectivity index (χ1v) is 8.97. The minimum absolute atomic E-state index is 0.497. The van der Waals surface area contributed by atoms with E-state index in [0.29, 0.717) is 24.1 Å². The lowest BCUT2D eigenvalue weighted by Crippen LogP contribution is -1.97. The Morgan fingerprint density at radius 1 is 0.786 bits per heavy atom. The highest BCUT2D eigenvalue weighted by atomic mass is 16.5. The quantitative estimate of drug-likeness (QED) is 0.466. The van der Waals surface area contributed by atoms with Gasteiger partial charge in [-0.1, -0.05) is 30.3 Å². The van der Waals surface area contributed by atoms with E-state index in [9.17, 15) is 0 Å². The van der Waals surface area contributed by atoms with Crippen LogP contribution in [0.3, 0.4) is 0 Å². The first-order chi connectivity index (χ1) is 13.8. The van der Waals surface area contributed by atoms with Gasteiger partial charge in [0, 0.05) is 29.7 Å². The Hall–Kier alpha value is -3.73. The summed E-state index contributed by atoms with van der Waals surface area (Å²) in [5.74, 6) is 2.58. The Morgan fingerprint density at radius 3 is 2.25 bits per heavy atom. The molecule has 0 spiro atoms. The zero-order valence-electron chi connectivity index (χ0n) is 15.4. The van der Waals surface area contributed by atoms with Gasteiger partial charge >= 0.3 is 0 Å². The first kappa shape index (κ1) is 17.7. The fourth-order valence-corrected chi connectivity index (χ4v) is 2.69. The van der Waals surface area contributed by atoms with Crippen LogP contribution in [-0.4, -0.2) is 15.0 Å². The molecule has 5 heteroatoms. The summed E-state index contributed by atoms with van der Waals surface area (Å²) < 4.78 is 11.7. The summed E-state index contributed by atoms with van der Waals surface area (Å²) >= 11 is 0. The fraction of sp³-hybridized carbons (Fsp3) is 0.0870. The molecule has 4 rings (SSSR count). The second kappa shape index (κ2) is 8.31. The van der Waals surface area contributed by atoms with Crippen LogP contribution in [0.1, 0.15) is 11.3 Å². The van der Waals surface area contributed by atoms with E-state index in [4.69, 9.17) is 9.47 Å². The Kier molecular flexibility index (Phi) is 5.24. The van der Waals surface area contributed by atoms with Gasteiger partial charge < -0.3 is 9.47 Å². The van der Waals surface area contributed by atoms with Gasteiger partial charge in [-0.05, 0) is 48.9 Å². The van der Waals surface area contributed by atoms with Crippen LogP contribution in [0.2, 0.25) is 0 Å². The maximum atomic E-state index is 5.92. The summed E-state index contributed by atoms with van der Waals surface area (Å²) in [6.07, 6.45) is 3.44. The van der Waals surface area contributed by atoms with Crippen LogP contribution < -0.4 is 9.47 Å². The molecule has 4 aromatic rings. The second-order valence-electron chi connectivity index (χ2n) is 6.25. The molecule has 0 unspecified atom stereocenters. The van der Waals surface area contributed by atoms with E-state index < -0.39 is 0 Å². The van der Waals surface area contributed by atoms with Crippen molar-refractivity contribution in [2.75, 3.05) is 0 Å². The van der Waals surface area contributed by atoms with Gasteiger partial charge in [0.05, 0.1) is 0 Å². The molecular formula is C23H19N3O2. The largest absolute Gasteiger partial charge is 0.489 e. The standard InChI is InChI=1S/C23H19N3O2/c1-17-15-22(26-23(25-17)19-11-13-24-14-12-19)28-21-9-7-20(8-10-21)27-16-18-5-3-2-4-6-18/h2-15H,16H2,1H3. The van der Waals surface area contributed by atoms with E-state index >= 15 is 0 Å². The lowest BCUT2D eigenvalue weighted by molar-refractivity contribution is 0.305. The smallest absolute Gasteiger partial charge is 0.223 e. The number of hydrogen-bond acceptors (Lipinski definition) is 5. The number of ether oxygens (including phenoxy) is 2. The first-order valence-electron chi connectivity index (χ1n) is 8.97. The maximum Gasteiger partial charge on any atom is 0.223 e. The molecule has 0 saturated heterocycles. The zero-order chi connectivity index (χ0) is 19.2. The number of rotatable bonds is 6. The van der Waals surface area contributed by atoms with Gasteiger partial charge in [0.1, 0.15) is 18.1 Å². The third-order valence-electron chi connectivity index (χ3n) is 4.06. The monoisotopic (exact) mass is 369 g/mol. The number of hydrogen-bond donors (Lipinski definition) is 0. The van der Waals surface area contributed by atoms with Gasteiger partial charge in [-0.2, -0.15) is 4.98 Å². The van der Waals surface area contributed by atoms with Crippen molar-refractivity contribution >= 4 is 0 Å². The predicted octanol–water partition coefficient (Wildman–Crippen LogP) is 5.22. The molecule has 0 aliphatic carbocycles. The summed E-state index contributed by atoms with van der Waals surface area (Å²) in [5.41, 5.74) is 2.86. The van der Waals surface area contributed by atoms with Crippen LogP contribution >= 0.6 is 0 Å². The van der Waals surface area contributed by atoms with Gasteiger partial charge in [0.2, 0.25) is 5.88 Å². The molecule has 0 fully saturated rings. The number of benzene rings is 2. The molecule has 0 atom stereocenters. The molecule has 138 valence electrons. The molecule has 0 amide bonds. The molecule has 0 radical (unpaired) electrons. The highest BCUT2D eigenvalue weighted by molar-refractivity contribution is 5.54. The highest BCUT2D eigenvalue weighted by Gasteiger charge is 2.07. The van der Waals surface area contributed by atoms with Crippen LogP contribution in [0, 0.1) is 6.92 Å². The molecule has 2 aromatic heterocycles. The van der Waals surface area contributed by atoms with Crippen molar-refractivity contribution in [3.05, 3.63) is 96.4 Å². The van der Waals surface area contributed by atoms with Crippen molar-refractivity contribution in [3.8, 4) is 28.8 Å². The minimum atomic E-state index is 0.497. The molecule has 0 N–H and O–H groups in total. The van der Waals surface area contributed by atoms with Crippen LogP contribution in [0.5, 0.6) is 17.4 Å². The highest BCUT2D eigenvalue weighted by Crippen LogP contribution is 2.25. The van der Waals surface area contributed by atoms with E-state index in [1.54, 1.807) is 12.4 Å². The van der Waals surface area contributed by atoms with Gasteiger partial charge in [-0.3, -0.25) is 4.98 Å². The summed E-state index contributed by atoms with van der Waals surface area (Å²) in [6.45, 7) is 2.45. The summed E-state index contributed by atoms with van der Waals surface area (Å²) in [6, 6.07) is 23.1. The van der Waals surface area contributed by atoms with Crippen LogP contribution in [0.4, 0.5) is 0 Å². The molecule has 2 heterocycles. The average Bonchev–Trinajstić information content (AvgIpc) is 2.74. The molecule has 28 heavy (non-hydrogen) atoms. The summed E-state index contributed by atoms with van der Waals surface area (Å²) in [5, 5.41) is 0. The van der Waals surface area contributed by atoms with E-state index in [2.05, 4.69) is 15.0 Å². The molecule has 2 aromatic carbocycles. The Labute approximate surface area is 163 Å². The van der Waals surface area contributed by atoms with Crippen molar-refractivity contribution in [1.29, 1.82) is 0 Å². The normalized spacial score (nSPS) is 10.5. The van der Waals surface area contributed by atoms with Crippen molar-refractivity contribution in [2.24, 2.45) is 0 Å². The van der Waals surface area contributed by atoms with E-state index in [1.807, 2.05) is 79.7 Å². The molecule has 0 saturated carbocycles. The number of aryl methyl sites for hydroxylation is 1. The zero-order valence-corrected chi connectivity index (χ0v) is 15.4. The van der Waals surface area contributed by atoms with Crippen molar-refractivity contribution in [2.45, 2.75) is 13.5 Å². The average molecular weight is 369 g/mol. The Morgan fingerprint density at radius 2 is 1.50 bits per heavy atom. The van der Waals surface area contributed by atoms with Crippen LogP contribution in [0.15, 0.2) is 85.2 Å². The van der Waals surface area contributed by atoms with Crippen LogP contribution in [0.25, 0.3) is 11.4 Å². The van der Waals surface area contributed by atoms with Crippen molar-refractivity contribution in [1.82, 2.24) is 15.0 Å². The maximum absolute atomic E-state index is 5.92. The lowest BCUT2D eigenvalue weighted by Gasteiger charge is -2.09. The number of pyridine rings is 1. The molecule has 0 bridgehead atoms. The third-order valence-corrected chi connectivity index (χ3v) is 4.06. The van der Waals surface area contributed by atoms with E-state index in [-0.39, 0.29) is 0 Å². The van der Waals surface area contributed by atoms with Crippen molar-refractivity contribution < 1.29 is 9.47 Å². The number of aromatic nitrogens is 3. The molecule has 0 aliphatic rings. The van der Waals surface area contributed by atoms with Gasteiger partial charge in [-0.25, -0.2) is 4.98 Å². The minimum Gasteiger partial charge on any atom is -0.489 e. The Bertz CT molecular complexity index is 1040. The fourth-order valence-electron chi connectivity index (χ4n) is 2.69. The van der Waals surface area contributed by atoms with E-state index in [1.165, 1.54) is 0 Å². The predicted molar refractivity (Wildman–Crippen MR) is 107 cm³/mol. The number of nitrogens with zero attached hydrogens (tertiary/aromatic N) is 3. The van der Waals surface area contributed by atoms with Gasteiger partial charge in [0.15, 0.2) is 5.82 Å². The van der Waals surface area contributed by atoms with Crippen molar-refractivity contribution in [3.63, 3.8) is 0 Å². The van der Waals surface area contributed by atoms with Crippen LogP contribution in [-0.2, 0) is 6.61 Å². The third kappa shape index (κ3) is 4.51. The second-order valence-corrected chi connectivity index (χ2v) is 6.25. The molecular weight excluding hydrogens is 350 g/mol. The lowest BCUT2D eigenvalue weighted by atomic mass is 10.2. The Balaban J connectivity index is 1.45. The SMILES string of the molecule is Cc1cc(Oc2ccc(OCc3ccccc3)cc2)nc(-c2ccncc2)n1. The molecule has 5 nitrogen and oxygen atoms in total. The molecule has 0 aliphatic heterocycles. The van der Waals surface area contributed by atoms with Gasteiger partial charge in [-0.15, -0.1) is 0 Å². The van der Waals surface area contributed by atoms with E-state index in [0.717, 1.165) is 22.6 Å². The summed E-state index contributed by atoms with van der Waals surface area (Å²) in [7, 11) is 0. The summed E-state index contributed by atoms with van der Waals surface area (Å²) in [4.78, 5) is 13.0. The van der Waals surface area contributed by atoms with Gasteiger partial charge in [0.25, 0.3) is 0 Å². The topological polar surface area (TPSA) is 57.1 Å².